The second-order valence-corrected chi connectivity index (χ2v) is 8.02. The molecule has 1 fully saturated rings. The van der Waals surface area contributed by atoms with Crippen LogP contribution >= 0.6 is 0 Å². The molecule has 1 atom stereocenters. The summed E-state index contributed by atoms with van der Waals surface area (Å²) in [5, 5.41) is 12.7. The van der Waals surface area contributed by atoms with Crippen LogP contribution in [0.2, 0.25) is 0 Å². The summed E-state index contributed by atoms with van der Waals surface area (Å²) in [6.07, 6.45) is 0.922. The minimum atomic E-state index is -0.0261. The number of aryl methyl sites for hydroxylation is 2. The van der Waals surface area contributed by atoms with Crippen molar-refractivity contribution in [3.8, 4) is 5.88 Å². The highest BCUT2D eigenvalue weighted by atomic mass is 16.5. The molecule has 140 valence electrons. The van der Waals surface area contributed by atoms with E-state index in [0.29, 0.717) is 30.6 Å². The fourth-order valence-corrected chi connectivity index (χ4v) is 2.98. The van der Waals surface area contributed by atoms with Crippen LogP contribution in [0.5, 0.6) is 5.88 Å². The summed E-state index contributed by atoms with van der Waals surface area (Å²) in [5.74, 6) is 0.821. The molecule has 0 aliphatic carbocycles. The number of likely N-dealkylation sites (tertiary alicyclic amines) is 1. The van der Waals surface area contributed by atoms with E-state index in [4.69, 9.17) is 4.74 Å². The lowest BCUT2D eigenvalue weighted by Crippen LogP contribution is -2.30. The SMILES string of the molecule is Cc1cc(C(=O)N2CCC(COc3ccc(C(C)(C)C)nn3)C2)nn1C. The van der Waals surface area contributed by atoms with E-state index in [1.54, 1.807) is 4.68 Å². The van der Waals surface area contributed by atoms with Gasteiger partial charge in [0.1, 0.15) is 0 Å². The van der Waals surface area contributed by atoms with Crippen molar-refractivity contribution in [1.82, 2.24) is 24.9 Å². The zero-order valence-electron chi connectivity index (χ0n) is 16.2. The number of ether oxygens (including phenoxy) is 1. The summed E-state index contributed by atoms with van der Waals surface area (Å²) in [6.45, 7) is 10.2. The smallest absolute Gasteiger partial charge is 0.274 e. The zero-order chi connectivity index (χ0) is 18.9. The molecule has 1 unspecified atom stereocenters. The largest absolute Gasteiger partial charge is 0.476 e. The molecule has 0 bridgehead atoms. The van der Waals surface area contributed by atoms with Crippen LogP contribution < -0.4 is 4.74 Å². The summed E-state index contributed by atoms with van der Waals surface area (Å²) in [6, 6.07) is 5.65. The molecular weight excluding hydrogens is 330 g/mol. The highest BCUT2D eigenvalue weighted by Gasteiger charge is 2.29. The predicted molar refractivity (Wildman–Crippen MR) is 98.2 cm³/mol. The van der Waals surface area contributed by atoms with E-state index in [0.717, 1.165) is 24.4 Å². The van der Waals surface area contributed by atoms with Gasteiger partial charge in [0.25, 0.3) is 5.91 Å². The normalized spacial score (nSPS) is 17.6. The fraction of sp³-hybridized carbons (Fsp3) is 0.579. The molecule has 0 spiro atoms. The van der Waals surface area contributed by atoms with Crippen molar-refractivity contribution < 1.29 is 9.53 Å². The lowest BCUT2D eigenvalue weighted by atomic mass is 9.92. The summed E-state index contributed by atoms with van der Waals surface area (Å²) >= 11 is 0. The molecule has 0 N–H and O–H groups in total. The number of hydrogen-bond donors (Lipinski definition) is 0. The van der Waals surface area contributed by atoms with Crippen LogP contribution in [0.1, 0.15) is 49.1 Å². The first-order chi connectivity index (χ1) is 12.2. The molecule has 1 amide bonds. The van der Waals surface area contributed by atoms with Crippen LogP contribution in [-0.4, -0.2) is 50.5 Å². The van der Waals surface area contributed by atoms with Gasteiger partial charge in [-0.25, -0.2) is 0 Å². The highest BCUT2D eigenvalue weighted by Crippen LogP contribution is 2.22. The Morgan fingerprint density at radius 3 is 2.65 bits per heavy atom. The van der Waals surface area contributed by atoms with Crippen LogP contribution in [0.15, 0.2) is 18.2 Å². The molecule has 7 heteroatoms. The van der Waals surface area contributed by atoms with Crippen molar-refractivity contribution >= 4 is 5.91 Å². The number of carbonyl (C=O) groups excluding carboxylic acids is 1. The third-order valence-electron chi connectivity index (χ3n) is 4.78. The standard InChI is InChI=1S/C19H27N5O2/c1-13-10-15(22-23(13)5)18(25)24-9-8-14(11-24)12-26-17-7-6-16(20-21-17)19(2,3)4/h6-7,10,14H,8-9,11-12H2,1-5H3. The number of hydrogen-bond acceptors (Lipinski definition) is 5. The minimum Gasteiger partial charge on any atom is -0.476 e. The molecule has 0 aromatic carbocycles. The number of amides is 1. The Kier molecular flexibility index (Phi) is 4.98. The van der Waals surface area contributed by atoms with Crippen LogP contribution in [0.4, 0.5) is 0 Å². The molecule has 2 aromatic rings. The first-order valence-corrected chi connectivity index (χ1v) is 9.01. The Balaban J connectivity index is 1.52. The molecule has 26 heavy (non-hydrogen) atoms. The van der Waals surface area contributed by atoms with E-state index in [1.807, 2.05) is 37.1 Å². The average molecular weight is 357 g/mol. The maximum atomic E-state index is 12.6. The lowest BCUT2D eigenvalue weighted by Gasteiger charge is -2.17. The Labute approximate surface area is 154 Å². The summed E-state index contributed by atoms with van der Waals surface area (Å²) in [7, 11) is 1.85. The van der Waals surface area contributed by atoms with Gasteiger partial charge in [-0.05, 0) is 25.5 Å². The topological polar surface area (TPSA) is 73.1 Å². The fourth-order valence-electron chi connectivity index (χ4n) is 2.98. The van der Waals surface area contributed by atoms with Crippen LogP contribution in [0.3, 0.4) is 0 Å². The van der Waals surface area contributed by atoms with Gasteiger partial charge in [-0.2, -0.15) is 10.2 Å². The van der Waals surface area contributed by atoms with Crippen molar-refractivity contribution in [3.63, 3.8) is 0 Å². The Morgan fingerprint density at radius 2 is 2.08 bits per heavy atom. The monoisotopic (exact) mass is 357 g/mol. The minimum absolute atomic E-state index is 0.00878. The van der Waals surface area contributed by atoms with E-state index in [-0.39, 0.29) is 11.3 Å². The highest BCUT2D eigenvalue weighted by molar-refractivity contribution is 5.92. The third kappa shape index (κ3) is 4.03. The molecular formula is C19H27N5O2. The molecule has 3 heterocycles. The van der Waals surface area contributed by atoms with Crippen LogP contribution in [0, 0.1) is 12.8 Å². The molecule has 2 aromatic heterocycles. The van der Waals surface area contributed by atoms with E-state index in [9.17, 15) is 4.79 Å². The van der Waals surface area contributed by atoms with Gasteiger partial charge in [0.15, 0.2) is 5.69 Å². The summed E-state index contributed by atoms with van der Waals surface area (Å²) < 4.78 is 7.51. The maximum Gasteiger partial charge on any atom is 0.274 e. The Bertz CT molecular complexity index is 757. The van der Waals surface area contributed by atoms with Gasteiger partial charge < -0.3 is 9.64 Å². The van der Waals surface area contributed by atoms with Crippen molar-refractivity contribution in [2.24, 2.45) is 13.0 Å². The molecule has 3 rings (SSSR count). The van der Waals surface area contributed by atoms with E-state index < -0.39 is 0 Å². The second kappa shape index (κ2) is 7.05. The zero-order valence-corrected chi connectivity index (χ0v) is 16.2. The van der Waals surface area contributed by atoms with Crippen LogP contribution in [-0.2, 0) is 12.5 Å². The van der Waals surface area contributed by atoms with E-state index in [2.05, 4.69) is 36.1 Å². The summed E-state index contributed by atoms with van der Waals surface area (Å²) in [4.78, 5) is 14.4. The predicted octanol–water partition coefficient (Wildman–Crippen LogP) is 2.36. The first kappa shape index (κ1) is 18.4. The molecule has 7 nitrogen and oxygen atoms in total. The van der Waals surface area contributed by atoms with Crippen molar-refractivity contribution in [3.05, 3.63) is 35.3 Å². The van der Waals surface area contributed by atoms with E-state index >= 15 is 0 Å². The van der Waals surface area contributed by atoms with Crippen molar-refractivity contribution in [2.45, 2.75) is 39.5 Å². The number of carbonyl (C=O) groups is 1. The maximum absolute atomic E-state index is 12.6. The van der Waals surface area contributed by atoms with Gasteiger partial charge in [0.05, 0.1) is 12.3 Å². The summed E-state index contributed by atoms with van der Waals surface area (Å²) in [5.41, 5.74) is 2.40. The molecule has 1 aliphatic heterocycles. The third-order valence-corrected chi connectivity index (χ3v) is 4.78. The molecule has 1 saturated heterocycles. The number of nitrogens with zero attached hydrogens (tertiary/aromatic N) is 5. The second-order valence-electron chi connectivity index (χ2n) is 8.02. The van der Waals surface area contributed by atoms with Gasteiger partial charge in [-0.15, -0.1) is 5.10 Å². The van der Waals surface area contributed by atoms with Crippen molar-refractivity contribution in [1.29, 1.82) is 0 Å². The average Bonchev–Trinajstić information content (AvgIpc) is 3.19. The van der Waals surface area contributed by atoms with Crippen molar-refractivity contribution in [2.75, 3.05) is 19.7 Å². The Morgan fingerprint density at radius 1 is 1.31 bits per heavy atom. The number of aromatic nitrogens is 4. The molecule has 0 radical (unpaired) electrons. The van der Waals surface area contributed by atoms with Gasteiger partial charge in [0, 0.05) is 43.2 Å². The van der Waals surface area contributed by atoms with E-state index in [1.165, 1.54) is 0 Å². The number of rotatable bonds is 4. The van der Waals surface area contributed by atoms with Crippen LogP contribution in [0.25, 0.3) is 0 Å². The van der Waals surface area contributed by atoms with Gasteiger partial charge >= 0.3 is 0 Å². The Hall–Kier alpha value is -2.44. The lowest BCUT2D eigenvalue weighted by molar-refractivity contribution is 0.0776. The quantitative estimate of drug-likeness (QED) is 0.840. The molecule has 1 aliphatic rings. The first-order valence-electron chi connectivity index (χ1n) is 9.01. The van der Waals surface area contributed by atoms with Gasteiger partial charge in [-0.3, -0.25) is 9.48 Å². The van der Waals surface area contributed by atoms with Gasteiger partial charge in [0.2, 0.25) is 5.88 Å². The van der Waals surface area contributed by atoms with Gasteiger partial charge in [-0.1, -0.05) is 20.8 Å². The molecule has 0 saturated carbocycles.